The Hall–Kier alpha value is -1.85. The zero-order valence-corrected chi connectivity index (χ0v) is 24.0. The Balaban J connectivity index is 1.50. The van der Waals surface area contributed by atoms with Crippen molar-refractivity contribution in [2.45, 2.75) is 71.6 Å². The van der Waals surface area contributed by atoms with Gasteiger partial charge in [0.05, 0.1) is 13.0 Å². The van der Waals surface area contributed by atoms with Crippen LogP contribution in [0.3, 0.4) is 0 Å². The third-order valence-electron chi connectivity index (χ3n) is 10.6. The van der Waals surface area contributed by atoms with E-state index in [0.717, 1.165) is 30.6 Å². The van der Waals surface area contributed by atoms with Gasteiger partial charge in [0.2, 0.25) is 5.12 Å². The lowest BCUT2D eigenvalue weighted by molar-refractivity contribution is -0.191. The van der Waals surface area contributed by atoms with Crippen LogP contribution in [0.25, 0.3) is 0 Å². The van der Waals surface area contributed by atoms with Crippen molar-refractivity contribution in [1.29, 1.82) is 0 Å². The van der Waals surface area contributed by atoms with Gasteiger partial charge in [0.25, 0.3) is 0 Å². The van der Waals surface area contributed by atoms with Crippen LogP contribution in [0, 0.1) is 39.4 Å². The number of allylic oxidation sites excluding steroid dienone is 3. The predicted molar refractivity (Wildman–Crippen MR) is 147 cm³/mol. The molecule has 0 radical (unpaired) electrons. The van der Waals surface area contributed by atoms with Gasteiger partial charge in [-0.15, -0.1) is 0 Å². The number of rotatable bonds is 3. The van der Waals surface area contributed by atoms with Crippen LogP contribution in [0.1, 0.15) is 66.7 Å². The van der Waals surface area contributed by atoms with Crippen LogP contribution in [0.2, 0.25) is 5.02 Å². The van der Waals surface area contributed by atoms with Gasteiger partial charge in [0, 0.05) is 20.7 Å². The van der Waals surface area contributed by atoms with Crippen LogP contribution < -0.4 is 0 Å². The molecule has 4 nitrogen and oxygen atoms in total. The largest absolute Gasteiger partial charge is 0.465 e. The van der Waals surface area contributed by atoms with Crippen LogP contribution >= 0.6 is 23.4 Å². The molecule has 1 saturated heterocycles. The monoisotopic (exact) mass is 540 g/mol. The minimum Gasteiger partial charge on any atom is -0.465 e. The molecule has 0 amide bonds. The number of cyclic esters (lactones) is 1. The first kappa shape index (κ1) is 26.7. The molecule has 1 aromatic carbocycles. The summed E-state index contributed by atoms with van der Waals surface area (Å²) in [4.78, 5) is 40.3. The zero-order chi connectivity index (χ0) is 26.8. The van der Waals surface area contributed by atoms with E-state index in [0.29, 0.717) is 23.6 Å². The van der Waals surface area contributed by atoms with Crippen molar-refractivity contribution >= 4 is 40.2 Å². The van der Waals surface area contributed by atoms with Crippen LogP contribution in [-0.2, 0) is 19.1 Å². The highest BCUT2D eigenvalue weighted by Gasteiger charge is 2.70. The van der Waals surface area contributed by atoms with Gasteiger partial charge < -0.3 is 4.74 Å². The predicted octanol–water partition coefficient (Wildman–Crippen LogP) is 7.45. The molecule has 3 aliphatic carbocycles. The van der Waals surface area contributed by atoms with Gasteiger partial charge in [-0.1, -0.05) is 51.4 Å². The summed E-state index contributed by atoms with van der Waals surface area (Å²) in [5, 5.41) is 0.639. The van der Waals surface area contributed by atoms with Gasteiger partial charge >= 0.3 is 5.97 Å². The number of hydrogen-bond donors (Lipinski definition) is 0. The van der Waals surface area contributed by atoms with Crippen LogP contribution in [-0.4, -0.2) is 23.5 Å². The van der Waals surface area contributed by atoms with Gasteiger partial charge in [-0.05, 0) is 109 Å². The lowest BCUT2D eigenvalue weighted by atomic mass is 9.35. The lowest BCUT2D eigenvalue weighted by Gasteiger charge is -2.67. The molecular weight excluding hydrogens is 504 g/mol. The molecule has 1 heterocycles. The van der Waals surface area contributed by atoms with Gasteiger partial charge in [0.1, 0.15) is 0 Å². The summed E-state index contributed by atoms with van der Waals surface area (Å²) in [5.74, 6) is 0.540. The Morgan fingerprint density at radius 2 is 1.76 bits per heavy atom. The van der Waals surface area contributed by atoms with E-state index in [1.807, 2.05) is 25.1 Å². The summed E-state index contributed by atoms with van der Waals surface area (Å²) in [5.41, 5.74) is -0.471. The van der Waals surface area contributed by atoms with Gasteiger partial charge in [-0.25, -0.2) is 0 Å². The Labute approximate surface area is 229 Å². The molecule has 0 bridgehead atoms. The first-order valence-electron chi connectivity index (χ1n) is 13.4. The topological polar surface area (TPSA) is 60.4 Å². The first-order valence-corrected chi connectivity index (χ1v) is 14.6. The summed E-state index contributed by atoms with van der Waals surface area (Å²) in [6.07, 6.45) is 10.0. The minimum absolute atomic E-state index is 0.00000545. The van der Waals surface area contributed by atoms with Crippen molar-refractivity contribution in [3.8, 4) is 0 Å². The number of benzene rings is 1. The number of ether oxygens (including phenoxy) is 1. The Kier molecular flexibility index (Phi) is 6.59. The quantitative estimate of drug-likeness (QED) is 0.226. The molecule has 2 saturated carbocycles. The molecule has 1 unspecified atom stereocenters. The van der Waals surface area contributed by atoms with Gasteiger partial charge in [-0.2, -0.15) is 0 Å². The molecule has 3 fully saturated rings. The van der Waals surface area contributed by atoms with Crippen molar-refractivity contribution in [3.63, 3.8) is 0 Å². The molecule has 1 spiro atoms. The van der Waals surface area contributed by atoms with Crippen molar-refractivity contribution in [2.24, 2.45) is 39.4 Å². The van der Waals surface area contributed by atoms with E-state index in [1.165, 1.54) is 11.8 Å². The van der Waals surface area contributed by atoms with E-state index < -0.39 is 10.8 Å². The van der Waals surface area contributed by atoms with E-state index in [1.54, 1.807) is 12.1 Å². The van der Waals surface area contributed by atoms with E-state index in [-0.39, 0.29) is 45.5 Å². The second-order valence-corrected chi connectivity index (χ2v) is 14.2. The first-order chi connectivity index (χ1) is 17.3. The average Bonchev–Trinajstić information content (AvgIpc) is 3.24. The number of carbonyl (C=O) groups excluding carboxylic acids is 3. The van der Waals surface area contributed by atoms with Gasteiger partial charge in [0.15, 0.2) is 5.78 Å². The van der Waals surface area contributed by atoms with E-state index in [9.17, 15) is 14.4 Å². The Morgan fingerprint density at radius 1 is 1.05 bits per heavy atom. The summed E-state index contributed by atoms with van der Waals surface area (Å²) in [7, 11) is 0. The van der Waals surface area contributed by atoms with Crippen LogP contribution in [0.15, 0.2) is 53.0 Å². The summed E-state index contributed by atoms with van der Waals surface area (Å²) < 4.78 is 5.71. The van der Waals surface area contributed by atoms with Crippen molar-refractivity contribution in [1.82, 2.24) is 0 Å². The second-order valence-electron chi connectivity index (χ2n) is 12.7. The molecular formula is C31H37ClO4S. The number of halogens is 1. The highest BCUT2D eigenvalue weighted by molar-refractivity contribution is 8.14. The normalized spacial score (nSPS) is 38.8. The molecule has 198 valence electrons. The molecule has 5 rings (SSSR count). The standard InChI is InChI=1S/C31H37ClO4S/c1-19(27(35)37-22-9-7-21(32)8-10-22)16-20-6-11-24-29(4,31(20)17-26(34)36-18-31)15-12-23-28(2,3)14-13-25(33)30(23,24)5/h7-10,13-14,16,20,23-24H,6,11-12,15,17-18H2,1-5H3/b19-16+/t20-,23?,24+,29-,30+,31+/m1/s1. The number of thioether (sulfide) groups is 1. The molecule has 0 aromatic heterocycles. The molecule has 6 heteroatoms. The van der Waals surface area contributed by atoms with Crippen LogP contribution in [0.4, 0.5) is 0 Å². The molecule has 1 aromatic rings. The smallest absolute Gasteiger partial charge is 0.306 e. The number of esters is 1. The number of carbonyl (C=O) groups is 3. The highest BCUT2D eigenvalue weighted by atomic mass is 35.5. The Bertz CT molecular complexity index is 1200. The van der Waals surface area contributed by atoms with E-state index >= 15 is 0 Å². The summed E-state index contributed by atoms with van der Waals surface area (Å²) in [6, 6.07) is 7.28. The maximum absolute atomic E-state index is 13.6. The number of ketones is 1. The van der Waals surface area contributed by atoms with Gasteiger partial charge in [-0.3, -0.25) is 14.4 Å². The lowest BCUT2D eigenvalue weighted by Crippen LogP contribution is -2.65. The number of hydrogen-bond acceptors (Lipinski definition) is 5. The molecule has 4 aliphatic rings. The molecule has 6 atom stereocenters. The molecule has 1 aliphatic heterocycles. The van der Waals surface area contributed by atoms with Crippen molar-refractivity contribution in [3.05, 3.63) is 53.1 Å². The Morgan fingerprint density at radius 3 is 2.41 bits per heavy atom. The second kappa shape index (κ2) is 9.12. The third kappa shape index (κ3) is 4.07. The van der Waals surface area contributed by atoms with Crippen LogP contribution in [0.5, 0.6) is 0 Å². The van der Waals surface area contributed by atoms with Crippen molar-refractivity contribution < 1.29 is 19.1 Å². The highest BCUT2D eigenvalue weighted by Crippen LogP contribution is 2.72. The average molecular weight is 541 g/mol. The third-order valence-corrected chi connectivity index (χ3v) is 11.9. The summed E-state index contributed by atoms with van der Waals surface area (Å²) in [6.45, 7) is 11.2. The SMILES string of the molecule is C/C(=C\[C@H]1CC[C@@H]2[C@@]3(C)C(=O)C=CC(C)(C)C3CC[C@@]2(C)[C@@]12COC(=O)C2)C(=O)Sc1ccc(Cl)cc1. The number of fused-ring (bicyclic) bond motifs is 4. The fourth-order valence-corrected chi connectivity index (χ4v) is 9.48. The van der Waals surface area contributed by atoms with E-state index in [4.69, 9.17) is 16.3 Å². The molecule has 0 N–H and O–H groups in total. The fourth-order valence-electron chi connectivity index (χ4n) is 8.63. The zero-order valence-electron chi connectivity index (χ0n) is 22.4. The minimum atomic E-state index is -0.464. The summed E-state index contributed by atoms with van der Waals surface area (Å²) >= 11 is 7.20. The maximum atomic E-state index is 13.6. The fraction of sp³-hybridized carbons (Fsp3) is 0.581. The maximum Gasteiger partial charge on any atom is 0.306 e. The van der Waals surface area contributed by atoms with Crippen molar-refractivity contribution in [2.75, 3.05) is 6.61 Å². The molecule has 37 heavy (non-hydrogen) atoms. The van der Waals surface area contributed by atoms with E-state index in [2.05, 4.69) is 39.8 Å².